The predicted molar refractivity (Wildman–Crippen MR) is 65.0 cm³/mol. The maximum atomic E-state index is 4.25. The van der Waals surface area contributed by atoms with Crippen LogP contribution < -0.4 is 9.94 Å². The van der Waals surface area contributed by atoms with Crippen LogP contribution in [0.1, 0.15) is 5.56 Å². The van der Waals surface area contributed by atoms with Gasteiger partial charge in [-0.1, -0.05) is 5.10 Å². The van der Waals surface area contributed by atoms with Crippen molar-refractivity contribution in [2.45, 2.75) is 0 Å². The number of H-pyrrole nitrogens is 1. The Bertz CT molecular complexity index is 674. The SMILES string of the molecule is C(=NNc1ccc2n[nH]c[n+]2n1)c1ccncc1. The molecule has 0 amide bonds. The van der Waals surface area contributed by atoms with Crippen molar-refractivity contribution in [3.63, 3.8) is 0 Å². The Balaban J connectivity index is 1.74. The Hall–Kier alpha value is -2.83. The molecular weight excluding hydrogens is 230 g/mol. The van der Waals surface area contributed by atoms with E-state index in [1.54, 1.807) is 35.5 Å². The number of hydrazone groups is 1. The smallest absolute Gasteiger partial charge is 0.265 e. The molecule has 0 spiro atoms. The molecule has 7 nitrogen and oxygen atoms in total. The van der Waals surface area contributed by atoms with E-state index in [4.69, 9.17) is 0 Å². The van der Waals surface area contributed by atoms with Crippen LogP contribution in [0.2, 0.25) is 0 Å². The molecule has 3 aromatic heterocycles. The second kappa shape index (κ2) is 4.58. The van der Waals surface area contributed by atoms with Crippen LogP contribution in [-0.4, -0.2) is 26.5 Å². The largest absolute Gasteiger partial charge is 0.325 e. The highest BCUT2D eigenvalue weighted by Crippen LogP contribution is 2.00. The first-order chi connectivity index (χ1) is 8.92. The van der Waals surface area contributed by atoms with Gasteiger partial charge >= 0.3 is 5.65 Å². The van der Waals surface area contributed by atoms with Crippen molar-refractivity contribution in [2.75, 3.05) is 5.43 Å². The zero-order valence-corrected chi connectivity index (χ0v) is 9.35. The summed E-state index contributed by atoms with van der Waals surface area (Å²) in [5.41, 5.74) is 4.57. The third-order valence-electron chi connectivity index (χ3n) is 2.30. The number of fused-ring (bicyclic) bond motifs is 1. The molecular formula is C11H10N7+. The zero-order valence-electron chi connectivity index (χ0n) is 9.35. The van der Waals surface area contributed by atoms with Gasteiger partial charge in [0.2, 0.25) is 6.33 Å². The molecule has 0 saturated heterocycles. The molecule has 0 fully saturated rings. The monoisotopic (exact) mass is 240 g/mol. The van der Waals surface area contributed by atoms with Crippen LogP contribution >= 0.6 is 0 Å². The van der Waals surface area contributed by atoms with Gasteiger partial charge in [-0.25, -0.2) is 0 Å². The Labute approximate surface area is 102 Å². The number of pyridine rings is 1. The number of rotatable bonds is 3. The van der Waals surface area contributed by atoms with Crippen LogP contribution in [0, 0.1) is 0 Å². The van der Waals surface area contributed by atoms with Gasteiger partial charge < -0.3 is 0 Å². The van der Waals surface area contributed by atoms with Crippen LogP contribution in [0.25, 0.3) is 5.65 Å². The minimum atomic E-state index is 0.638. The molecule has 0 unspecified atom stereocenters. The molecule has 0 aliphatic rings. The lowest BCUT2D eigenvalue weighted by molar-refractivity contribution is -0.579. The molecule has 3 heterocycles. The predicted octanol–water partition coefficient (Wildman–Crippen LogP) is 0.384. The van der Waals surface area contributed by atoms with E-state index < -0.39 is 0 Å². The van der Waals surface area contributed by atoms with Crippen LogP contribution in [-0.2, 0) is 0 Å². The molecule has 3 aromatic rings. The highest BCUT2D eigenvalue weighted by atomic mass is 15.4. The molecule has 0 aliphatic heterocycles. The summed E-state index contributed by atoms with van der Waals surface area (Å²) in [6.07, 6.45) is 6.79. The highest BCUT2D eigenvalue weighted by molar-refractivity contribution is 5.79. The molecule has 0 atom stereocenters. The summed E-state index contributed by atoms with van der Waals surface area (Å²) in [5.74, 6) is 0.638. The molecule has 2 N–H and O–H groups in total. The number of hydrogen-bond donors (Lipinski definition) is 2. The van der Waals surface area contributed by atoms with Gasteiger partial charge in [0.05, 0.1) is 6.21 Å². The van der Waals surface area contributed by atoms with Crippen molar-refractivity contribution in [1.29, 1.82) is 0 Å². The lowest BCUT2D eigenvalue weighted by Crippen LogP contribution is -2.24. The highest BCUT2D eigenvalue weighted by Gasteiger charge is 2.04. The van der Waals surface area contributed by atoms with Crippen LogP contribution in [0.3, 0.4) is 0 Å². The first-order valence-electron chi connectivity index (χ1n) is 5.33. The van der Waals surface area contributed by atoms with Crippen molar-refractivity contribution in [2.24, 2.45) is 5.10 Å². The van der Waals surface area contributed by atoms with Crippen molar-refractivity contribution in [3.05, 3.63) is 48.5 Å². The standard InChI is InChI=1S/C11H9N7/c1-2-11-16-14-8-18(11)17-10(1)15-13-7-9-3-5-12-6-4-9/h1-8H,(H,12,15,17)/p+1. The van der Waals surface area contributed by atoms with Crippen molar-refractivity contribution in [1.82, 2.24) is 20.3 Å². The maximum Gasteiger partial charge on any atom is 0.325 e. The molecule has 7 heteroatoms. The minimum Gasteiger partial charge on any atom is -0.265 e. The number of hydrogen-bond acceptors (Lipinski definition) is 5. The Morgan fingerprint density at radius 1 is 1.22 bits per heavy atom. The summed E-state index contributed by atoms with van der Waals surface area (Å²) in [6, 6.07) is 7.38. The summed E-state index contributed by atoms with van der Waals surface area (Å²) in [5, 5.41) is 15.1. The summed E-state index contributed by atoms with van der Waals surface area (Å²) < 4.78 is 1.63. The minimum absolute atomic E-state index is 0.638. The van der Waals surface area contributed by atoms with E-state index in [0.717, 1.165) is 11.2 Å². The first-order valence-corrected chi connectivity index (χ1v) is 5.33. The molecule has 0 bridgehead atoms. The number of aromatic nitrogens is 5. The van der Waals surface area contributed by atoms with Gasteiger partial charge in [0.25, 0.3) is 0 Å². The molecule has 18 heavy (non-hydrogen) atoms. The van der Waals surface area contributed by atoms with E-state index in [0.29, 0.717) is 5.82 Å². The summed E-state index contributed by atoms with van der Waals surface area (Å²) in [4.78, 5) is 3.93. The van der Waals surface area contributed by atoms with Gasteiger partial charge in [0, 0.05) is 23.6 Å². The zero-order chi connectivity index (χ0) is 12.2. The number of nitrogens with one attached hydrogen (secondary N) is 2. The molecule has 0 radical (unpaired) electrons. The van der Waals surface area contributed by atoms with Gasteiger partial charge in [-0.2, -0.15) is 5.10 Å². The normalized spacial score (nSPS) is 11.1. The van der Waals surface area contributed by atoms with Gasteiger partial charge in [-0.3, -0.25) is 10.4 Å². The summed E-state index contributed by atoms with van der Waals surface area (Å²) in [6.45, 7) is 0. The van der Waals surface area contributed by atoms with Crippen LogP contribution in [0.15, 0.2) is 48.1 Å². The quantitative estimate of drug-likeness (QED) is 0.394. The Morgan fingerprint density at radius 3 is 3.00 bits per heavy atom. The molecule has 0 aromatic carbocycles. The second-order valence-corrected chi connectivity index (χ2v) is 3.54. The van der Waals surface area contributed by atoms with Gasteiger partial charge in [0.15, 0.2) is 5.82 Å². The van der Waals surface area contributed by atoms with Crippen LogP contribution in [0.5, 0.6) is 0 Å². The molecule has 3 rings (SSSR count). The fourth-order valence-electron chi connectivity index (χ4n) is 1.45. The first kappa shape index (κ1) is 10.3. The Kier molecular flexibility index (Phi) is 2.63. The van der Waals surface area contributed by atoms with E-state index in [2.05, 4.69) is 30.8 Å². The number of nitrogens with zero attached hydrogens (tertiary/aromatic N) is 5. The van der Waals surface area contributed by atoms with Crippen LogP contribution in [0.4, 0.5) is 5.82 Å². The lowest BCUT2D eigenvalue weighted by Gasteiger charge is -1.96. The van der Waals surface area contributed by atoms with Crippen molar-refractivity contribution < 1.29 is 4.52 Å². The van der Waals surface area contributed by atoms with Crippen molar-refractivity contribution in [3.8, 4) is 0 Å². The maximum absolute atomic E-state index is 4.25. The summed E-state index contributed by atoms with van der Waals surface area (Å²) in [7, 11) is 0. The van der Waals surface area contributed by atoms with E-state index in [9.17, 15) is 0 Å². The molecule has 0 aliphatic carbocycles. The van der Waals surface area contributed by atoms with E-state index in [1.165, 1.54) is 0 Å². The fraction of sp³-hybridized carbons (Fsp3) is 0. The average Bonchev–Trinajstić information content (AvgIpc) is 2.87. The fourth-order valence-corrected chi connectivity index (χ4v) is 1.45. The van der Waals surface area contributed by atoms with E-state index >= 15 is 0 Å². The Morgan fingerprint density at radius 2 is 2.11 bits per heavy atom. The average molecular weight is 240 g/mol. The third-order valence-corrected chi connectivity index (χ3v) is 2.30. The number of aromatic amines is 1. The molecule has 88 valence electrons. The van der Waals surface area contributed by atoms with E-state index in [-0.39, 0.29) is 0 Å². The second-order valence-electron chi connectivity index (χ2n) is 3.54. The summed E-state index contributed by atoms with van der Waals surface area (Å²) >= 11 is 0. The lowest BCUT2D eigenvalue weighted by atomic mass is 10.3. The third kappa shape index (κ3) is 2.14. The van der Waals surface area contributed by atoms with Gasteiger partial charge in [-0.05, 0) is 23.8 Å². The van der Waals surface area contributed by atoms with Gasteiger partial charge in [0.1, 0.15) is 0 Å². The molecule has 0 saturated carbocycles. The van der Waals surface area contributed by atoms with Gasteiger partial charge in [-0.15, -0.1) is 9.61 Å². The number of anilines is 1. The topological polar surface area (TPSA) is 83.0 Å². The van der Waals surface area contributed by atoms with E-state index in [1.807, 2.05) is 18.2 Å². The van der Waals surface area contributed by atoms with Crippen molar-refractivity contribution >= 4 is 17.7 Å².